The molecule has 2 aromatic rings. The number of fused-ring (bicyclic) bond motifs is 1. The third-order valence-corrected chi connectivity index (χ3v) is 5.19. The van der Waals surface area contributed by atoms with Crippen molar-refractivity contribution in [3.63, 3.8) is 0 Å². The summed E-state index contributed by atoms with van der Waals surface area (Å²) in [7, 11) is 1.86. The summed E-state index contributed by atoms with van der Waals surface area (Å²) in [4.78, 5) is 19.6. The van der Waals surface area contributed by atoms with Crippen molar-refractivity contribution in [1.29, 1.82) is 0 Å². The summed E-state index contributed by atoms with van der Waals surface area (Å²) >= 11 is 0. The lowest BCUT2D eigenvalue weighted by Crippen LogP contribution is -2.44. The number of piperidine rings is 1. The highest BCUT2D eigenvalue weighted by molar-refractivity contribution is 6.06. The predicted octanol–water partition coefficient (Wildman–Crippen LogP) is 3.08. The Kier molecular flexibility index (Phi) is 3.96. The smallest absolute Gasteiger partial charge is 0.254 e. The third kappa shape index (κ3) is 2.88. The van der Waals surface area contributed by atoms with Gasteiger partial charge in [-0.1, -0.05) is 0 Å². The summed E-state index contributed by atoms with van der Waals surface area (Å²) in [6, 6.07) is 6.65. The van der Waals surface area contributed by atoms with Crippen molar-refractivity contribution in [2.24, 2.45) is 0 Å². The molecule has 1 saturated carbocycles. The molecule has 1 aromatic heterocycles. The van der Waals surface area contributed by atoms with E-state index in [-0.39, 0.29) is 17.8 Å². The number of pyridine rings is 1. The number of hydrogen-bond donors (Lipinski definition) is 1. The Morgan fingerprint density at radius 3 is 2.67 bits per heavy atom. The second-order valence-corrected chi connectivity index (χ2v) is 6.93. The van der Waals surface area contributed by atoms with Gasteiger partial charge in [-0.3, -0.25) is 9.78 Å². The normalized spacial score (nSPS) is 18.8. The second kappa shape index (κ2) is 6.13. The molecule has 0 bridgehead atoms. The Morgan fingerprint density at radius 2 is 1.96 bits per heavy atom. The Balaban J connectivity index is 1.75. The number of carbonyl (C=O) groups excluding carboxylic acids is 1. The zero-order valence-electron chi connectivity index (χ0n) is 13.9. The summed E-state index contributed by atoms with van der Waals surface area (Å²) < 4.78 is 13.7. The maximum atomic E-state index is 13.7. The van der Waals surface area contributed by atoms with Crippen molar-refractivity contribution in [2.75, 3.05) is 20.1 Å². The van der Waals surface area contributed by atoms with Crippen LogP contribution in [0.2, 0.25) is 0 Å². The van der Waals surface area contributed by atoms with E-state index in [2.05, 4.69) is 10.3 Å². The lowest BCUT2D eigenvalue weighted by Gasteiger charge is -2.32. The van der Waals surface area contributed by atoms with Crippen LogP contribution in [0.3, 0.4) is 0 Å². The minimum Gasteiger partial charge on any atom is -0.339 e. The summed E-state index contributed by atoms with van der Waals surface area (Å²) in [6.45, 7) is 1.86. The van der Waals surface area contributed by atoms with Gasteiger partial charge in [-0.2, -0.15) is 0 Å². The van der Waals surface area contributed by atoms with Crippen LogP contribution in [0.25, 0.3) is 10.9 Å². The largest absolute Gasteiger partial charge is 0.339 e. The average Bonchev–Trinajstić information content (AvgIpc) is 3.45. The number of amides is 1. The Bertz CT molecular complexity index is 782. The van der Waals surface area contributed by atoms with Gasteiger partial charge in [-0.25, -0.2) is 4.39 Å². The molecule has 2 fully saturated rings. The molecule has 4 nitrogen and oxygen atoms in total. The van der Waals surface area contributed by atoms with E-state index in [1.165, 1.54) is 12.1 Å². The van der Waals surface area contributed by atoms with Gasteiger partial charge in [0.05, 0.1) is 11.1 Å². The van der Waals surface area contributed by atoms with Gasteiger partial charge in [-0.15, -0.1) is 0 Å². The number of benzene rings is 1. The highest BCUT2D eigenvalue weighted by atomic mass is 19.1. The van der Waals surface area contributed by atoms with E-state index < -0.39 is 0 Å². The van der Waals surface area contributed by atoms with Crippen LogP contribution in [0.4, 0.5) is 4.39 Å². The van der Waals surface area contributed by atoms with E-state index in [0.717, 1.165) is 44.5 Å². The molecule has 24 heavy (non-hydrogen) atoms. The molecule has 0 spiro atoms. The maximum absolute atomic E-state index is 13.7. The van der Waals surface area contributed by atoms with Crippen molar-refractivity contribution in [3.8, 4) is 0 Å². The molecule has 2 heterocycles. The van der Waals surface area contributed by atoms with Crippen molar-refractivity contribution < 1.29 is 9.18 Å². The topological polar surface area (TPSA) is 45.2 Å². The van der Waals surface area contributed by atoms with Gasteiger partial charge in [0.15, 0.2) is 0 Å². The Hall–Kier alpha value is -2.01. The number of carbonyl (C=O) groups is 1. The number of halogens is 1. The van der Waals surface area contributed by atoms with Gasteiger partial charge < -0.3 is 10.2 Å². The fourth-order valence-corrected chi connectivity index (χ4v) is 3.53. The van der Waals surface area contributed by atoms with Crippen molar-refractivity contribution in [3.05, 3.63) is 41.3 Å². The monoisotopic (exact) mass is 327 g/mol. The van der Waals surface area contributed by atoms with Gasteiger partial charge in [0.2, 0.25) is 0 Å². The van der Waals surface area contributed by atoms with Gasteiger partial charge in [0, 0.05) is 30.1 Å². The molecule has 1 aromatic carbocycles. The van der Waals surface area contributed by atoms with Gasteiger partial charge in [0.25, 0.3) is 5.91 Å². The molecule has 1 aliphatic heterocycles. The molecule has 0 unspecified atom stereocenters. The molecule has 0 radical (unpaired) electrons. The van der Waals surface area contributed by atoms with Crippen LogP contribution < -0.4 is 5.32 Å². The lowest BCUT2D eigenvalue weighted by molar-refractivity contribution is 0.0705. The molecule has 1 saturated heterocycles. The van der Waals surface area contributed by atoms with Crippen molar-refractivity contribution in [2.45, 2.75) is 37.6 Å². The van der Waals surface area contributed by atoms with Crippen LogP contribution in [0.1, 0.15) is 47.7 Å². The Morgan fingerprint density at radius 1 is 1.21 bits per heavy atom. The van der Waals surface area contributed by atoms with Crippen LogP contribution in [0.15, 0.2) is 24.3 Å². The molecule has 0 atom stereocenters. The molecule has 1 N–H and O–H groups in total. The van der Waals surface area contributed by atoms with Crippen LogP contribution in [-0.4, -0.2) is 42.0 Å². The van der Waals surface area contributed by atoms with Crippen molar-refractivity contribution >= 4 is 16.8 Å². The Labute approximate surface area is 141 Å². The van der Waals surface area contributed by atoms with E-state index in [1.807, 2.05) is 18.0 Å². The number of hydrogen-bond acceptors (Lipinski definition) is 3. The number of rotatable bonds is 3. The van der Waals surface area contributed by atoms with E-state index in [9.17, 15) is 9.18 Å². The number of nitrogens with one attached hydrogen (secondary N) is 1. The minimum atomic E-state index is -0.331. The first-order chi connectivity index (χ1) is 11.6. The van der Waals surface area contributed by atoms with Gasteiger partial charge in [-0.05, 0) is 63.0 Å². The van der Waals surface area contributed by atoms with Crippen LogP contribution in [-0.2, 0) is 0 Å². The van der Waals surface area contributed by atoms with Gasteiger partial charge in [0.1, 0.15) is 5.82 Å². The van der Waals surface area contributed by atoms with Crippen LogP contribution in [0, 0.1) is 5.82 Å². The predicted molar refractivity (Wildman–Crippen MR) is 91.7 cm³/mol. The second-order valence-electron chi connectivity index (χ2n) is 6.93. The third-order valence-electron chi connectivity index (χ3n) is 5.19. The van der Waals surface area contributed by atoms with Crippen LogP contribution >= 0.6 is 0 Å². The zero-order valence-corrected chi connectivity index (χ0v) is 13.9. The number of nitrogens with zero attached hydrogens (tertiary/aromatic N) is 2. The van der Waals surface area contributed by atoms with E-state index in [1.54, 1.807) is 6.07 Å². The first-order valence-electron chi connectivity index (χ1n) is 8.71. The molecular formula is C19H22FN3O. The zero-order chi connectivity index (χ0) is 16.7. The minimum absolute atomic E-state index is 0.0261. The van der Waals surface area contributed by atoms with E-state index in [4.69, 9.17) is 0 Å². The molecule has 4 rings (SSSR count). The summed E-state index contributed by atoms with van der Waals surface area (Å²) in [5.41, 5.74) is 2.27. The summed E-state index contributed by atoms with van der Waals surface area (Å²) in [5, 5.41) is 3.94. The SMILES string of the molecule is CN(C(=O)c1cc(C2CC2)nc2ccc(F)cc12)C1CCNCC1. The van der Waals surface area contributed by atoms with Crippen molar-refractivity contribution in [1.82, 2.24) is 15.2 Å². The number of aromatic nitrogens is 1. The summed E-state index contributed by atoms with van der Waals surface area (Å²) in [5.74, 6) is 0.0963. The first kappa shape index (κ1) is 15.5. The lowest BCUT2D eigenvalue weighted by atomic mass is 10.0. The van der Waals surface area contributed by atoms with Gasteiger partial charge >= 0.3 is 0 Å². The molecular weight excluding hydrogens is 305 g/mol. The fraction of sp³-hybridized carbons (Fsp3) is 0.474. The van der Waals surface area contributed by atoms with E-state index >= 15 is 0 Å². The molecule has 2 aliphatic rings. The fourth-order valence-electron chi connectivity index (χ4n) is 3.53. The molecule has 1 aliphatic carbocycles. The first-order valence-corrected chi connectivity index (χ1v) is 8.71. The molecule has 126 valence electrons. The maximum Gasteiger partial charge on any atom is 0.254 e. The summed E-state index contributed by atoms with van der Waals surface area (Å²) in [6.07, 6.45) is 4.15. The van der Waals surface area contributed by atoms with E-state index in [0.29, 0.717) is 22.4 Å². The molecule has 1 amide bonds. The quantitative estimate of drug-likeness (QED) is 0.942. The van der Waals surface area contributed by atoms with Crippen LogP contribution in [0.5, 0.6) is 0 Å². The highest BCUT2D eigenvalue weighted by Gasteiger charge is 2.29. The standard InChI is InChI=1S/C19H22FN3O/c1-23(14-6-8-21-9-7-14)19(24)16-11-18(12-2-3-12)22-17-5-4-13(20)10-15(16)17/h4-5,10-12,14,21H,2-3,6-9H2,1H3. The highest BCUT2D eigenvalue weighted by Crippen LogP contribution is 2.40. The average molecular weight is 327 g/mol. The molecule has 5 heteroatoms.